The molecule has 1 heterocycles. The van der Waals surface area contributed by atoms with Crippen molar-refractivity contribution in [2.45, 2.75) is 25.2 Å². The standard InChI is InChI=1S/C29H24BrClN2O5/c30-24-12-10-20(15-25(24)31)32-26(34)16-38-29(37)19-7-4-8-21(13-19)33-27(35)22-11-9-18(14-23(22)28(33)36)17-5-2-1-3-6-17/h1-8,10,12-13,15,18,22-23H,9,11,14,16H2,(H,32,34)/t18-,22-,23+/m1/s1. The Morgan fingerprint density at radius 1 is 0.947 bits per heavy atom. The van der Waals surface area contributed by atoms with Gasteiger partial charge >= 0.3 is 5.97 Å². The predicted molar refractivity (Wildman–Crippen MR) is 147 cm³/mol. The van der Waals surface area contributed by atoms with Crippen molar-refractivity contribution >= 4 is 62.6 Å². The van der Waals surface area contributed by atoms with E-state index in [-0.39, 0.29) is 35.1 Å². The molecule has 0 unspecified atom stereocenters. The van der Waals surface area contributed by atoms with E-state index in [1.54, 1.807) is 30.3 Å². The normalized spacial score (nSPS) is 20.7. The highest BCUT2D eigenvalue weighted by Crippen LogP contribution is 2.45. The van der Waals surface area contributed by atoms with E-state index in [1.165, 1.54) is 22.6 Å². The average Bonchev–Trinajstić information content (AvgIpc) is 3.19. The first-order valence-electron chi connectivity index (χ1n) is 12.3. The van der Waals surface area contributed by atoms with Crippen molar-refractivity contribution in [3.05, 3.63) is 93.4 Å². The second kappa shape index (κ2) is 11.1. The Morgan fingerprint density at radius 3 is 2.47 bits per heavy atom. The van der Waals surface area contributed by atoms with Crippen LogP contribution in [0, 0.1) is 11.8 Å². The molecular weight excluding hydrogens is 572 g/mol. The number of imide groups is 1. The minimum atomic E-state index is -0.739. The van der Waals surface area contributed by atoms with Crippen LogP contribution < -0.4 is 10.2 Å². The summed E-state index contributed by atoms with van der Waals surface area (Å²) in [5, 5.41) is 3.04. The third-order valence-electron chi connectivity index (χ3n) is 7.07. The van der Waals surface area contributed by atoms with Crippen LogP contribution in [0.5, 0.6) is 0 Å². The molecule has 1 N–H and O–H groups in total. The minimum Gasteiger partial charge on any atom is -0.452 e. The molecule has 194 valence electrons. The van der Waals surface area contributed by atoms with E-state index < -0.39 is 18.5 Å². The first-order valence-corrected chi connectivity index (χ1v) is 13.4. The number of hydrogen-bond donors (Lipinski definition) is 1. The lowest BCUT2D eigenvalue weighted by molar-refractivity contribution is -0.122. The molecule has 0 aromatic heterocycles. The van der Waals surface area contributed by atoms with Gasteiger partial charge in [0.05, 0.1) is 28.1 Å². The van der Waals surface area contributed by atoms with Crippen LogP contribution in [0.1, 0.15) is 41.1 Å². The lowest BCUT2D eigenvalue weighted by Crippen LogP contribution is -2.31. The first-order chi connectivity index (χ1) is 18.3. The van der Waals surface area contributed by atoms with E-state index in [0.29, 0.717) is 33.7 Å². The highest BCUT2D eigenvalue weighted by molar-refractivity contribution is 9.10. The maximum Gasteiger partial charge on any atom is 0.338 e. The zero-order valence-electron chi connectivity index (χ0n) is 20.2. The van der Waals surface area contributed by atoms with Crippen LogP contribution in [-0.4, -0.2) is 30.3 Å². The van der Waals surface area contributed by atoms with Crippen LogP contribution >= 0.6 is 27.5 Å². The number of carbonyl (C=O) groups excluding carboxylic acids is 4. The van der Waals surface area contributed by atoms with E-state index in [1.807, 2.05) is 18.2 Å². The number of nitrogens with zero attached hydrogens (tertiary/aromatic N) is 1. The zero-order chi connectivity index (χ0) is 26.8. The van der Waals surface area contributed by atoms with Gasteiger partial charge in [0.2, 0.25) is 11.8 Å². The SMILES string of the molecule is O=C(COC(=O)c1cccc(N2C(=O)[C@H]3C[C@H](c4ccccc4)CC[C@H]3C2=O)c1)Nc1ccc(Br)c(Cl)c1. The maximum absolute atomic E-state index is 13.4. The van der Waals surface area contributed by atoms with E-state index >= 15 is 0 Å². The van der Waals surface area contributed by atoms with Crippen molar-refractivity contribution in [2.24, 2.45) is 11.8 Å². The number of amides is 3. The van der Waals surface area contributed by atoms with Gasteiger partial charge in [-0.05, 0) is 83.1 Å². The zero-order valence-corrected chi connectivity index (χ0v) is 22.6. The van der Waals surface area contributed by atoms with Crippen molar-refractivity contribution in [3.8, 4) is 0 Å². The van der Waals surface area contributed by atoms with Crippen molar-refractivity contribution in [1.29, 1.82) is 0 Å². The molecule has 1 saturated carbocycles. The molecule has 38 heavy (non-hydrogen) atoms. The smallest absolute Gasteiger partial charge is 0.338 e. The third-order valence-corrected chi connectivity index (χ3v) is 8.31. The Balaban J connectivity index is 1.24. The van der Waals surface area contributed by atoms with Crippen LogP contribution in [0.4, 0.5) is 11.4 Å². The topological polar surface area (TPSA) is 92.8 Å². The van der Waals surface area contributed by atoms with E-state index in [2.05, 4.69) is 33.4 Å². The van der Waals surface area contributed by atoms with E-state index in [4.69, 9.17) is 16.3 Å². The fourth-order valence-corrected chi connectivity index (χ4v) is 5.65. The molecule has 5 rings (SSSR count). The molecule has 7 nitrogen and oxygen atoms in total. The summed E-state index contributed by atoms with van der Waals surface area (Å²) in [6.45, 7) is -0.511. The van der Waals surface area contributed by atoms with Crippen molar-refractivity contribution in [3.63, 3.8) is 0 Å². The molecule has 9 heteroatoms. The van der Waals surface area contributed by atoms with E-state index in [9.17, 15) is 19.2 Å². The summed E-state index contributed by atoms with van der Waals surface area (Å²) in [6.07, 6.45) is 2.11. The van der Waals surface area contributed by atoms with Gasteiger partial charge in [-0.3, -0.25) is 19.3 Å². The summed E-state index contributed by atoms with van der Waals surface area (Å²) >= 11 is 9.31. The molecule has 0 bridgehead atoms. The van der Waals surface area contributed by atoms with Crippen molar-refractivity contribution in [2.75, 3.05) is 16.8 Å². The largest absolute Gasteiger partial charge is 0.452 e. The molecule has 3 amide bonds. The molecule has 3 atom stereocenters. The number of nitrogens with one attached hydrogen (secondary N) is 1. The van der Waals surface area contributed by atoms with Gasteiger partial charge in [0, 0.05) is 10.2 Å². The van der Waals surface area contributed by atoms with Gasteiger partial charge in [-0.2, -0.15) is 0 Å². The van der Waals surface area contributed by atoms with Gasteiger partial charge in [0.15, 0.2) is 6.61 Å². The van der Waals surface area contributed by atoms with Gasteiger partial charge in [0.1, 0.15) is 0 Å². The quantitative estimate of drug-likeness (QED) is 0.280. The first kappa shape index (κ1) is 26.1. The Morgan fingerprint density at radius 2 is 1.71 bits per heavy atom. The number of rotatable bonds is 6. The number of hydrogen-bond acceptors (Lipinski definition) is 5. The summed E-state index contributed by atoms with van der Waals surface area (Å²) in [5.41, 5.74) is 2.11. The summed E-state index contributed by atoms with van der Waals surface area (Å²) < 4.78 is 5.85. The van der Waals surface area contributed by atoms with Crippen LogP contribution in [0.2, 0.25) is 5.02 Å². The van der Waals surface area contributed by atoms with Gasteiger partial charge in [0.25, 0.3) is 5.91 Å². The number of benzene rings is 3. The average molecular weight is 596 g/mol. The van der Waals surface area contributed by atoms with Crippen molar-refractivity contribution < 1.29 is 23.9 Å². The summed E-state index contributed by atoms with van der Waals surface area (Å²) in [4.78, 5) is 52.7. The number of halogens is 2. The number of esters is 1. The molecule has 1 saturated heterocycles. The number of carbonyl (C=O) groups is 4. The van der Waals surface area contributed by atoms with Gasteiger partial charge in [-0.1, -0.05) is 48.0 Å². The second-order valence-electron chi connectivity index (χ2n) is 9.45. The van der Waals surface area contributed by atoms with Gasteiger partial charge in [-0.25, -0.2) is 4.79 Å². The number of ether oxygens (including phenoxy) is 1. The lowest BCUT2D eigenvalue weighted by Gasteiger charge is -2.28. The van der Waals surface area contributed by atoms with Crippen LogP contribution in [0.25, 0.3) is 0 Å². The van der Waals surface area contributed by atoms with Crippen LogP contribution in [0.15, 0.2) is 77.3 Å². The molecule has 1 aliphatic heterocycles. The summed E-state index contributed by atoms with van der Waals surface area (Å²) in [6, 6.07) is 21.2. The van der Waals surface area contributed by atoms with Gasteiger partial charge < -0.3 is 10.1 Å². The Bertz CT molecular complexity index is 1410. The fourth-order valence-electron chi connectivity index (χ4n) is 5.22. The molecule has 1 aliphatic carbocycles. The predicted octanol–water partition coefficient (Wildman–Crippen LogP) is 5.97. The Hall–Kier alpha value is -3.49. The number of fused-ring (bicyclic) bond motifs is 1. The third kappa shape index (κ3) is 5.37. The fraction of sp³-hybridized carbons (Fsp3) is 0.241. The lowest BCUT2D eigenvalue weighted by atomic mass is 9.73. The Labute approximate surface area is 233 Å². The van der Waals surface area contributed by atoms with E-state index in [0.717, 1.165) is 6.42 Å². The highest BCUT2D eigenvalue weighted by Gasteiger charge is 2.50. The Kier molecular flexibility index (Phi) is 7.63. The number of anilines is 2. The summed E-state index contributed by atoms with van der Waals surface area (Å²) in [5.74, 6) is -2.24. The molecular formula is C29H24BrClN2O5. The highest BCUT2D eigenvalue weighted by atomic mass is 79.9. The van der Waals surface area contributed by atoms with Crippen molar-refractivity contribution in [1.82, 2.24) is 0 Å². The molecule has 0 spiro atoms. The molecule has 3 aromatic carbocycles. The molecule has 3 aromatic rings. The monoisotopic (exact) mass is 594 g/mol. The molecule has 2 fully saturated rings. The molecule has 2 aliphatic rings. The van der Waals surface area contributed by atoms with Crippen LogP contribution in [0.3, 0.4) is 0 Å². The molecule has 0 radical (unpaired) electrons. The second-order valence-corrected chi connectivity index (χ2v) is 10.7. The maximum atomic E-state index is 13.4. The van der Waals surface area contributed by atoms with Gasteiger partial charge in [-0.15, -0.1) is 0 Å². The van der Waals surface area contributed by atoms with Crippen LogP contribution in [-0.2, 0) is 19.1 Å². The summed E-state index contributed by atoms with van der Waals surface area (Å²) in [7, 11) is 0. The minimum absolute atomic E-state index is 0.139.